The second-order valence-corrected chi connectivity index (χ2v) is 6.90. The first-order valence-electron chi connectivity index (χ1n) is 5.98. The van der Waals surface area contributed by atoms with Crippen molar-refractivity contribution in [1.82, 2.24) is 14.8 Å². The quantitative estimate of drug-likeness (QED) is 0.812. The Balaban J connectivity index is 2.38. The minimum absolute atomic E-state index is 0.0913. The summed E-state index contributed by atoms with van der Waals surface area (Å²) in [5.74, 6) is 0.259. The lowest BCUT2D eigenvalue weighted by Gasteiger charge is -2.17. The molecule has 0 radical (unpaired) electrons. The van der Waals surface area contributed by atoms with Gasteiger partial charge in [0.15, 0.2) is 0 Å². The van der Waals surface area contributed by atoms with E-state index in [0.29, 0.717) is 0 Å². The van der Waals surface area contributed by atoms with E-state index in [1.807, 2.05) is 13.8 Å². The number of hydrogen-bond donors (Lipinski definition) is 0. The van der Waals surface area contributed by atoms with Crippen LogP contribution in [0.1, 0.15) is 19.9 Å². The molecule has 0 unspecified atom stereocenters. The molecule has 8 heteroatoms. The number of nitrogens with zero attached hydrogens (tertiary/aromatic N) is 4. The molecule has 0 saturated carbocycles. The summed E-state index contributed by atoms with van der Waals surface area (Å²) in [6.07, 6.45) is 2.83. The van der Waals surface area contributed by atoms with Gasteiger partial charge in [-0.1, -0.05) is 17.7 Å². The Bertz CT molecular complexity index is 712. The molecule has 0 saturated heterocycles. The third-order valence-corrected chi connectivity index (χ3v) is 4.71. The van der Waals surface area contributed by atoms with Crippen molar-refractivity contribution in [2.75, 3.05) is 11.4 Å². The first kappa shape index (κ1) is 14.8. The molecule has 0 N–H and O–H groups in total. The minimum atomic E-state index is -3.69. The van der Waals surface area contributed by atoms with Crippen molar-refractivity contribution in [3.8, 4) is 0 Å². The maximum Gasteiger partial charge on any atom is 0.268 e. The lowest BCUT2D eigenvalue weighted by atomic mass is 10.4. The van der Waals surface area contributed by atoms with Crippen LogP contribution in [0.25, 0.3) is 0 Å². The molecule has 2 heterocycles. The van der Waals surface area contributed by atoms with Gasteiger partial charge >= 0.3 is 0 Å². The van der Waals surface area contributed by atoms with Crippen LogP contribution in [0.5, 0.6) is 0 Å². The van der Waals surface area contributed by atoms with E-state index in [2.05, 4.69) is 10.1 Å². The molecular formula is C12H15ClN4O2S. The zero-order valence-corrected chi connectivity index (χ0v) is 12.9. The Hall–Kier alpha value is -1.60. The summed E-state index contributed by atoms with van der Waals surface area (Å²) in [6.45, 7) is 3.84. The first-order valence-corrected chi connectivity index (χ1v) is 7.80. The molecule has 0 amide bonds. The highest BCUT2D eigenvalue weighted by Gasteiger charge is 2.24. The van der Waals surface area contributed by atoms with Gasteiger partial charge in [-0.25, -0.2) is 13.4 Å². The van der Waals surface area contributed by atoms with Gasteiger partial charge in [0.05, 0.1) is 6.20 Å². The Morgan fingerprint density at radius 2 is 2.05 bits per heavy atom. The van der Waals surface area contributed by atoms with E-state index < -0.39 is 10.0 Å². The van der Waals surface area contributed by atoms with Crippen LogP contribution in [-0.2, 0) is 10.0 Å². The molecule has 0 aliphatic carbocycles. The Morgan fingerprint density at radius 3 is 2.60 bits per heavy atom. The molecule has 108 valence electrons. The molecule has 0 aromatic carbocycles. The standard InChI is InChI=1S/C12H15ClN4O2S/c1-9(2)17-8-10(7-14-17)20(18,19)16(3)12-6-4-5-11(13)15-12/h4-9H,1-3H3. The van der Waals surface area contributed by atoms with Gasteiger partial charge in [0, 0.05) is 19.3 Å². The number of aromatic nitrogens is 3. The molecule has 0 atom stereocenters. The van der Waals surface area contributed by atoms with Crippen molar-refractivity contribution in [1.29, 1.82) is 0 Å². The van der Waals surface area contributed by atoms with Crippen LogP contribution >= 0.6 is 11.6 Å². The second kappa shape index (κ2) is 5.41. The van der Waals surface area contributed by atoms with E-state index >= 15 is 0 Å². The maximum absolute atomic E-state index is 12.5. The zero-order chi connectivity index (χ0) is 14.9. The average Bonchev–Trinajstić information content (AvgIpc) is 2.88. The zero-order valence-electron chi connectivity index (χ0n) is 11.4. The molecule has 6 nitrogen and oxygen atoms in total. The van der Waals surface area contributed by atoms with Gasteiger partial charge in [0.25, 0.3) is 10.0 Å². The summed E-state index contributed by atoms with van der Waals surface area (Å²) in [5, 5.41) is 4.28. The summed E-state index contributed by atoms with van der Waals surface area (Å²) in [4.78, 5) is 4.11. The van der Waals surface area contributed by atoms with E-state index in [1.54, 1.807) is 22.9 Å². The highest BCUT2D eigenvalue weighted by Crippen LogP contribution is 2.21. The predicted molar refractivity (Wildman–Crippen MR) is 77.4 cm³/mol. The third-order valence-electron chi connectivity index (χ3n) is 2.79. The molecule has 0 fully saturated rings. The third kappa shape index (κ3) is 2.78. The molecule has 2 rings (SSSR count). The van der Waals surface area contributed by atoms with Crippen LogP contribution < -0.4 is 4.31 Å². The fraction of sp³-hybridized carbons (Fsp3) is 0.333. The molecule has 20 heavy (non-hydrogen) atoms. The highest BCUT2D eigenvalue weighted by molar-refractivity contribution is 7.92. The molecule has 0 aliphatic heterocycles. The summed E-state index contributed by atoms with van der Waals surface area (Å²) < 4.78 is 27.6. The van der Waals surface area contributed by atoms with Gasteiger partial charge in [0.1, 0.15) is 15.9 Å². The molecular weight excluding hydrogens is 300 g/mol. The Morgan fingerprint density at radius 1 is 1.35 bits per heavy atom. The monoisotopic (exact) mass is 314 g/mol. The van der Waals surface area contributed by atoms with Crippen LogP contribution in [0.15, 0.2) is 35.5 Å². The van der Waals surface area contributed by atoms with Crippen LogP contribution in [-0.4, -0.2) is 30.2 Å². The lowest BCUT2D eigenvalue weighted by Crippen LogP contribution is -2.27. The largest absolute Gasteiger partial charge is 0.269 e. The fourth-order valence-corrected chi connectivity index (χ4v) is 2.84. The summed E-state index contributed by atoms with van der Waals surface area (Å²) >= 11 is 5.78. The molecule has 0 bridgehead atoms. The van der Waals surface area contributed by atoms with Gasteiger partial charge in [-0.05, 0) is 26.0 Å². The topological polar surface area (TPSA) is 68.1 Å². The van der Waals surface area contributed by atoms with Gasteiger partial charge in [-0.15, -0.1) is 0 Å². The fourth-order valence-electron chi connectivity index (χ4n) is 1.59. The molecule has 0 aliphatic rings. The number of pyridine rings is 1. The molecule has 2 aromatic heterocycles. The van der Waals surface area contributed by atoms with E-state index in [-0.39, 0.29) is 21.9 Å². The van der Waals surface area contributed by atoms with Crippen LogP contribution in [0.2, 0.25) is 5.15 Å². The van der Waals surface area contributed by atoms with Crippen molar-refractivity contribution in [3.05, 3.63) is 35.7 Å². The van der Waals surface area contributed by atoms with E-state index in [1.165, 1.54) is 19.4 Å². The van der Waals surface area contributed by atoms with Gasteiger partial charge in [-0.2, -0.15) is 5.10 Å². The number of sulfonamides is 1. The number of rotatable bonds is 4. The normalized spacial score (nSPS) is 11.8. The smallest absolute Gasteiger partial charge is 0.268 e. The SMILES string of the molecule is CC(C)n1cc(S(=O)(=O)N(C)c2cccc(Cl)n2)cn1. The lowest BCUT2D eigenvalue weighted by molar-refractivity contribution is 0.531. The maximum atomic E-state index is 12.5. The number of hydrogen-bond acceptors (Lipinski definition) is 4. The summed E-state index contributed by atoms with van der Waals surface area (Å²) in [7, 11) is -2.26. The minimum Gasteiger partial charge on any atom is -0.269 e. The summed E-state index contributed by atoms with van der Waals surface area (Å²) in [6, 6.07) is 4.90. The van der Waals surface area contributed by atoms with Gasteiger partial charge < -0.3 is 0 Å². The first-order chi connectivity index (χ1) is 9.32. The van der Waals surface area contributed by atoms with E-state index in [9.17, 15) is 8.42 Å². The summed E-state index contributed by atoms with van der Waals surface area (Å²) in [5.41, 5.74) is 0. The van der Waals surface area contributed by atoms with Crippen molar-refractivity contribution < 1.29 is 8.42 Å². The van der Waals surface area contributed by atoms with E-state index in [4.69, 9.17) is 11.6 Å². The number of anilines is 1. The van der Waals surface area contributed by atoms with Crippen LogP contribution in [0.3, 0.4) is 0 Å². The predicted octanol–water partition coefficient (Wildman–Crippen LogP) is 2.34. The van der Waals surface area contributed by atoms with Crippen molar-refractivity contribution >= 4 is 27.4 Å². The number of halogens is 1. The van der Waals surface area contributed by atoms with Crippen molar-refractivity contribution in [3.63, 3.8) is 0 Å². The second-order valence-electron chi connectivity index (χ2n) is 4.54. The van der Waals surface area contributed by atoms with Crippen molar-refractivity contribution in [2.24, 2.45) is 0 Å². The van der Waals surface area contributed by atoms with Crippen molar-refractivity contribution in [2.45, 2.75) is 24.8 Å². The Kier molecular flexibility index (Phi) is 4.01. The average molecular weight is 315 g/mol. The van der Waals surface area contributed by atoms with Gasteiger partial charge in [0.2, 0.25) is 0 Å². The molecule has 0 spiro atoms. The van der Waals surface area contributed by atoms with Crippen LogP contribution in [0, 0.1) is 0 Å². The Labute approximate surface area is 123 Å². The molecule has 2 aromatic rings. The van der Waals surface area contributed by atoms with Crippen LogP contribution in [0.4, 0.5) is 5.82 Å². The highest BCUT2D eigenvalue weighted by atomic mass is 35.5. The van der Waals surface area contributed by atoms with E-state index in [0.717, 1.165) is 4.31 Å². The van der Waals surface area contributed by atoms with Gasteiger partial charge in [-0.3, -0.25) is 8.99 Å².